The van der Waals surface area contributed by atoms with Gasteiger partial charge in [-0.15, -0.1) is 0 Å². The fourth-order valence-electron chi connectivity index (χ4n) is 5.46. The van der Waals surface area contributed by atoms with Crippen LogP contribution in [0.4, 0.5) is 29.1 Å². The van der Waals surface area contributed by atoms with Crippen molar-refractivity contribution in [2.75, 3.05) is 51.4 Å². The van der Waals surface area contributed by atoms with Crippen LogP contribution in [0.5, 0.6) is 5.75 Å². The summed E-state index contributed by atoms with van der Waals surface area (Å²) < 4.78 is 67.6. The van der Waals surface area contributed by atoms with Gasteiger partial charge in [-0.3, -0.25) is 18.7 Å². The number of anilines is 2. The molecule has 16 heteroatoms. The van der Waals surface area contributed by atoms with Crippen molar-refractivity contribution in [1.29, 1.82) is 0 Å². The summed E-state index contributed by atoms with van der Waals surface area (Å²) in [5, 5.41) is 9.40. The molecule has 0 bridgehead atoms. The first-order valence-corrected chi connectivity index (χ1v) is 14.9. The summed E-state index contributed by atoms with van der Waals surface area (Å²) in [4.78, 5) is 35.5. The second-order valence-electron chi connectivity index (χ2n) is 10.5. The molecule has 1 fully saturated rings. The number of benzene rings is 1. The predicted octanol–water partition coefficient (Wildman–Crippen LogP) is 4.26. The molecule has 1 amide bonds. The molecule has 0 radical (unpaired) electrons. The van der Waals surface area contributed by atoms with Gasteiger partial charge in [0.2, 0.25) is 0 Å². The molecular formula is C30H34F4N8O4. The number of aromatic nitrogens is 5. The molecule has 0 spiro atoms. The van der Waals surface area contributed by atoms with Crippen LogP contribution in [-0.2, 0) is 28.7 Å². The van der Waals surface area contributed by atoms with E-state index in [0.717, 1.165) is 30.5 Å². The van der Waals surface area contributed by atoms with E-state index in [1.807, 2.05) is 0 Å². The van der Waals surface area contributed by atoms with Crippen LogP contribution in [0.2, 0.25) is 0 Å². The zero-order chi connectivity index (χ0) is 32.7. The summed E-state index contributed by atoms with van der Waals surface area (Å²) in [6, 6.07) is 3.12. The van der Waals surface area contributed by atoms with Gasteiger partial charge in [-0.2, -0.15) is 18.3 Å². The average molecular weight is 647 g/mol. The van der Waals surface area contributed by atoms with Gasteiger partial charge in [0, 0.05) is 42.8 Å². The monoisotopic (exact) mass is 646 g/mol. The lowest BCUT2D eigenvalue weighted by Gasteiger charge is -2.17. The second-order valence-corrected chi connectivity index (χ2v) is 10.5. The number of carbonyl (C=O) groups excluding carboxylic acids is 2. The Balaban J connectivity index is 1.36. The van der Waals surface area contributed by atoms with E-state index in [-0.39, 0.29) is 53.1 Å². The Labute approximate surface area is 261 Å². The summed E-state index contributed by atoms with van der Waals surface area (Å²) in [6.45, 7) is 5.07. The second kappa shape index (κ2) is 14.7. The van der Waals surface area contributed by atoms with Crippen molar-refractivity contribution in [3.8, 4) is 17.0 Å². The molecule has 0 aliphatic carbocycles. The van der Waals surface area contributed by atoms with Gasteiger partial charge in [0.1, 0.15) is 6.67 Å². The number of carbonyl (C=O) groups is 2. The number of ether oxygens (including phenoxy) is 2. The molecule has 0 atom stereocenters. The molecule has 1 aromatic carbocycles. The minimum Gasteiger partial charge on any atom is -0.426 e. The number of amides is 1. The largest absolute Gasteiger partial charge is 0.435 e. The van der Waals surface area contributed by atoms with Crippen molar-refractivity contribution in [2.24, 2.45) is 0 Å². The Kier molecular flexibility index (Phi) is 10.5. The van der Waals surface area contributed by atoms with Gasteiger partial charge in [-0.1, -0.05) is 6.92 Å². The molecule has 12 nitrogen and oxygen atoms in total. The summed E-state index contributed by atoms with van der Waals surface area (Å²) in [5.74, 6) is -0.136. The predicted molar refractivity (Wildman–Crippen MR) is 160 cm³/mol. The van der Waals surface area contributed by atoms with E-state index in [1.165, 1.54) is 41.9 Å². The van der Waals surface area contributed by atoms with E-state index < -0.39 is 18.5 Å². The molecule has 1 aliphatic heterocycles. The number of fused-ring (bicyclic) bond motifs is 1. The average Bonchev–Trinajstić information content (AvgIpc) is 3.80. The quantitative estimate of drug-likeness (QED) is 0.111. The minimum atomic E-state index is -4.79. The molecule has 2 N–H and O–H groups in total. The third kappa shape index (κ3) is 7.28. The molecular weight excluding hydrogens is 612 g/mol. The van der Waals surface area contributed by atoms with E-state index in [9.17, 15) is 27.2 Å². The standard InChI is InChI=1S/C30H34F4N8O4/c1-2-20-21(29(44)36-9-15-45-16-14-40-10-3-4-11-40)5-6-23(25(20)46-19-43)38-27-28-37-17-24(42(28)13-8-35-27)22-18-41(12-7-31)39-26(22)30(32,33)34/h5-6,8,13,17-19H,2-4,7,9-12,14-16H2,1H3,(H,35,38)(H,36,44). The van der Waals surface area contributed by atoms with Gasteiger partial charge in [-0.05, 0) is 44.5 Å². The van der Waals surface area contributed by atoms with E-state index >= 15 is 0 Å². The van der Waals surface area contributed by atoms with E-state index in [4.69, 9.17) is 9.47 Å². The highest BCUT2D eigenvalue weighted by Gasteiger charge is 2.38. The van der Waals surface area contributed by atoms with Crippen LogP contribution in [0, 0.1) is 0 Å². The first-order chi connectivity index (χ1) is 22.2. The van der Waals surface area contributed by atoms with Crippen LogP contribution in [0.3, 0.4) is 0 Å². The summed E-state index contributed by atoms with van der Waals surface area (Å²) >= 11 is 0. The van der Waals surface area contributed by atoms with Crippen molar-refractivity contribution >= 4 is 29.5 Å². The molecule has 1 aliphatic rings. The third-order valence-electron chi connectivity index (χ3n) is 7.61. The van der Waals surface area contributed by atoms with Gasteiger partial charge in [0.25, 0.3) is 12.4 Å². The number of nitrogens with one attached hydrogen (secondary N) is 2. The lowest BCUT2D eigenvalue weighted by molar-refractivity contribution is -0.141. The van der Waals surface area contributed by atoms with Crippen LogP contribution < -0.4 is 15.4 Å². The first-order valence-electron chi connectivity index (χ1n) is 14.9. The molecule has 246 valence electrons. The maximum atomic E-state index is 13.8. The van der Waals surface area contributed by atoms with Gasteiger partial charge >= 0.3 is 6.18 Å². The van der Waals surface area contributed by atoms with Crippen molar-refractivity contribution in [2.45, 2.75) is 38.9 Å². The molecule has 3 aromatic heterocycles. The van der Waals surface area contributed by atoms with Gasteiger partial charge in [-0.25, -0.2) is 14.4 Å². The molecule has 46 heavy (non-hydrogen) atoms. The summed E-state index contributed by atoms with van der Waals surface area (Å²) in [6.07, 6.45) is 3.10. The number of hydrogen-bond acceptors (Lipinski definition) is 9. The van der Waals surface area contributed by atoms with Crippen LogP contribution in [0.15, 0.2) is 36.9 Å². The van der Waals surface area contributed by atoms with Crippen LogP contribution in [0.25, 0.3) is 16.9 Å². The van der Waals surface area contributed by atoms with Crippen LogP contribution in [0.1, 0.15) is 41.4 Å². The highest BCUT2D eigenvalue weighted by molar-refractivity contribution is 5.97. The lowest BCUT2D eigenvalue weighted by Crippen LogP contribution is -2.30. The molecule has 1 saturated heterocycles. The van der Waals surface area contributed by atoms with Crippen molar-refractivity contribution in [1.82, 2.24) is 34.4 Å². The van der Waals surface area contributed by atoms with Crippen molar-refractivity contribution < 1.29 is 36.6 Å². The highest BCUT2D eigenvalue weighted by Crippen LogP contribution is 2.38. The normalized spacial score (nSPS) is 13.8. The number of rotatable bonds is 15. The van der Waals surface area contributed by atoms with Crippen LogP contribution >= 0.6 is 0 Å². The molecule has 4 aromatic rings. The number of hydrogen-bond donors (Lipinski definition) is 2. The van der Waals surface area contributed by atoms with Gasteiger partial charge in [0.15, 0.2) is 22.9 Å². The number of nitrogens with zero attached hydrogens (tertiary/aromatic N) is 6. The Morgan fingerprint density at radius 3 is 2.65 bits per heavy atom. The highest BCUT2D eigenvalue weighted by atomic mass is 19.4. The van der Waals surface area contributed by atoms with E-state index in [1.54, 1.807) is 13.0 Å². The Bertz CT molecular complexity index is 1670. The topological polar surface area (TPSA) is 128 Å². The summed E-state index contributed by atoms with van der Waals surface area (Å²) in [5.41, 5.74) is -0.199. The smallest absolute Gasteiger partial charge is 0.426 e. The maximum absolute atomic E-state index is 13.8. The van der Waals surface area contributed by atoms with E-state index in [0.29, 0.717) is 37.3 Å². The molecule has 5 rings (SSSR count). The number of halogens is 4. The number of likely N-dealkylation sites (tertiary alicyclic amines) is 1. The third-order valence-corrected chi connectivity index (χ3v) is 7.61. The zero-order valence-corrected chi connectivity index (χ0v) is 25.1. The zero-order valence-electron chi connectivity index (χ0n) is 25.1. The first kappa shape index (κ1) is 32.8. The van der Waals surface area contributed by atoms with E-state index in [2.05, 4.69) is 30.6 Å². The number of imidazole rings is 1. The fourth-order valence-corrected chi connectivity index (χ4v) is 5.46. The van der Waals surface area contributed by atoms with Gasteiger partial charge in [0.05, 0.1) is 42.9 Å². The SMILES string of the molecule is CCc1c(C(=O)NCCOCCN2CCCC2)ccc(Nc2nccn3c(-c4cn(CCF)nc4C(F)(F)F)cnc23)c1OC=O. The fraction of sp³-hybridized carbons (Fsp3) is 0.433. The molecule has 0 saturated carbocycles. The number of aryl methyl sites for hydroxylation is 1. The lowest BCUT2D eigenvalue weighted by atomic mass is 10.0. The van der Waals surface area contributed by atoms with Crippen LogP contribution in [-0.4, -0.2) is 87.5 Å². The Morgan fingerprint density at radius 1 is 1.13 bits per heavy atom. The molecule has 4 heterocycles. The Hall–Kier alpha value is -4.57. The number of alkyl halides is 4. The van der Waals surface area contributed by atoms with Crippen molar-refractivity contribution in [3.63, 3.8) is 0 Å². The minimum absolute atomic E-state index is 0.0588. The van der Waals surface area contributed by atoms with Crippen molar-refractivity contribution in [3.05, 3.63) is 53.7 Å². The maximum Gasteiger partial charge on any atom is 0.435 e. The Morgan fingerprint density at radius 2 is 1.93 bits per heavy atom. The molecule has 0 unspecified atom stereocenters. The van der Waals surface area contributed by atoms with Gasteiger partial charge < -0.3 is 25.0 Å². The summed E-state index contributed by atoms with van der Waals surface area (Å²) in [7, 11) is 0.